The van der Waals surface area contributed by atoms with E-state index in [0.29, 0.717) is 44.4 Å². The van der Waals surface area contributed by atoms with Gasteiger partial charge in [-0.25, -0.2) is 8.42 Å². The molecule has 2 aliphatic rings. The minimum Gasteiger partial charge on any atom is -0.497 e. The smallest absolute Gasteiger partial charge is 0.243 e. The normalized spacial score (nSPS) is 20.5. The van der Waals surface area contributed by atoms with Crippen LogP contribution in [0.1, 0.15) is 19.8 Å². The third kappa shape index (κ3) is 4.55. The fraction of sp³-hybridized carbons (Fsp3) is 0.611. The van der Waals surface area contributed by atoms with Gasteiger partial charge in [-0.2, -0.15) is 4.31 Å². The zero-order chi connectivity index (χ0) is 18.7. The number of ether oxygens (including phenoxy) is 1. The number of carbonyl (C=O) groups is 1. The average molecular weight is 381 g/mol. The third-order valence-electron chi connectivity index (χ3n) is 5.11. The first kappa shape index (κ1) is 19.1. The Morgan fingerprint density at radius 3 is 2.35 bits per heavy atom. The number of benzene rings is 1. The molecule has 8 heteroatoms. The van der Waals surface area contributed by atoms with Crippen molar-refractivity contribution in [2.24, 2.45) is 5.92 Å². The van der Waals surface area contributed by atoms with Crippen molar-refractivity contribution in [3.63, 3.8) is 0 Å². The van der Waals surface area contributed by atoms with E-state index in [4.69, 9.17) is 4.74 Å². The molecule has 2 fully saturated rings. The van der Waals surface area contributed by atoms with E-state index < -0.39 is 10.0 Å². The summed E-state index contributed by atoms with van der Waals surface area (Å²) in [6.45, 7) is 4.27. The molecule has 1 aromatic rings. The third-order valence-corrected chi connectivity index (χ3v) is 7.03. The number of hydrogen-bond acceptors (Lipinski definition) is 5. The number of methoxy groups -OCH3 is 1. The van der Waals surface area contributed by atoms with Crippen molar-refractivity contribution < 1.29 is 17.9 Å². The van der Waals surface area contributed by atoms with Gasteiger partial charge in [-0.3, -0.25) is 9.69 Å². The lowest BCUT2D eigenvalue weighted by atomic mass is 10.2. The Hall–Kier alpha value is -1.64. The summed E-state index contributed by atoms with van der Waals surface area (Å²) in [6.07, 6.45) is 2.40. The monoisotopic (exact) mass is 381 g/mol. The van der Waals surface area contributed by atoms with Crippen LogP contribution in [0.3, 0.4) is 0 Å². The van der Waals surface area contributed by atoms with Crippen molar-refractivity contribution in [1.82, 2.24) is 14.5 Å². The highest BCUT2D eigenvalue weighted by Gasteiger charge is 2.31. The van der Waals surface area contributed by atoms with Crippen molar-refractivity contribution >= 4 is 15.9 Å². The molecule has 7 nitrogen and oxygen atoms in total. The highest BCUT2D eigenvalue weighted by Crippen LogP contribution is 2.32. The topological polar surface area (TPSA) is 79.0 Å². The van der Waals surface area contributed by atoms with Gasteiger partial charge in [0.15, 0.2) is 0 Å². The standard InChI is InChI=1S/C18H27N3O4S/c1-14(15-3-4-15)19-18(22)13-20-9-11-21(12-10-20)26(23,24)17-7-5-16(25-2)6-8-17/h5-8,14-15H,3-4,9-13H2,1-2H3,(H,19,22)/t14-/m1/s1. The van der Waals surface area contributed by atoms with Crippen LogP contribution in [-0.4, -0.2) is 69.4 Å². The predicted octanol–water partition coefficient (Wildman–Crippen LogP) is 0.916. The van der Waals surface area contributed by atoms with Crippen LogP contribution in [0.15, 0.2) is 29.2 Å². The Labute approximate surface area is 155 Å². The van der Waals surface area contributed by atoms with Gasteiger partial charge in [-0.05, 0) is 49.9 Å². The van der Waals surface area contributed by atoms with E-state index in [1.807, 2.05) is 4.90 Å². The Bertz CT molecular complexity index is 723. The zero-order valence-corrected chi connectivity index (χ0v) is 16.2. The lowest BCUT2D eigenvalue weighted by molar-refractivity contribution is -0.123. The highest BCUT2D eigenvalue weighted by atomic mass is 32.2. The molecule has 3 rings (SSSR count). The van der Waals surface area contributed by atoms with E-state index in [-0.39, 0.29) is 16.8 Å². The summed E-state index contributed by atoms with van der Waals surface area (Å²) >= 11 is 0. The first-order chi connectivity index (χ1) is 12.4. The molecule has 1 amide bonds. The van der Waals surface area contributed by atoms with Crippen molar-refractivity contribution in [2.75, 3.05) is 39.8 Å². The van der Waals surface area contributed by atoms with Crippen LogP contribution in [0.2, 0.25) is 0 Å². The molecule has 0 unspecified atom stereocenters. The molecule has 1 atom stereocenters. The first-order valence-corrected chi connectivity index (χ1v) is 10.5. The van der Waals surface area contributed by atoms with E-state index in [2.05, 4.69) is 12.2 Å². The Morgan fingerprint density at radius 1 is 1.19 bits per heavy atom. The van der Waals surface area contributed by atoms with Gasteiger partial charge in [0.2, 0.25) is 15.9 Å². The van der Waals surface area contributed by atoms with Gasteiger partial charge in [-0.15, -0.1) is 0 Å². The van der Waals surface area contributed by atoms with Crippen LogP contribution in [0.25, 0.3) is 0 Å². The lowest BCUT2D eigenvalue weighted by Gasteiger charge is -2.33. The Kier molecular flexibility index (Phi) is 5.84. The molecule has 1 saturated carbocycles. The van der Waals surface area contributed by atoms with Crippen LogP contribution < -0.4 is 10.1 Å². The highest BCUT2D eigenvalue weighted by molar-refractivity contribution is 7.89. The summed E-state index contributed by atoms with van der Waals surface area (Å²) in [6, 6.07) is 6.66. The number of sulfonamides is 1. The first-order valence-electron chi connectivity index (χ1n) is 9.06. The molecule has 26 heavy (non-hydrogen) atoms. The summed E-state index contributed by atoms with van der Waals surface area (Å²) in [4.78, 5) is 14.4. The van der Waals surface area contributed by atoms with Gasteiger partial charge < -0.3 is 10.1 Å². The summed E-state index contributed by atoms with van der Waals surface area (Å²) in [5.74, 6) is 1.28. The number of hydrogen-bond donors (Lipinski definition) is 1. The fourth-order valence-corrected chi connectivity index (χ4v) is 4.66. The maximum absolute atomic E-state index is 12.7. The second-order valence-electron chi connectivity index (χ2n) is 7.05. The molecule has 1 heterocycles. The lowest BCUT2D eigenvalue weighted by Crippen LogP contribution is -2.51. The number of nitrogens with zero attached hydrogens (tertiary/aromatic N) is 2. The quantitative estimate of drug-likeness (QED) is 0.760. The van der Waals surface area contributed by atoms with E-state index in [1.54, 1.807) is 31.4 Å². The number of piperazine rings is 1. The van der Waals surface area contributed by atoms with Gasteiger partial charge in [-0.1, -0.05) is 0 Å². The van der Waals surface area contributed by atoms with Crippen LogP contribution in [0.4, 0.5) is 0 Å². The number of carbonyl (C=O) groups excluding carboxylic acids is 1. The molecule has 144 valence electrons. The predicted molar refractivity (Wildman–Crippen MR) is 98.5 cm³/mol. The molecule has 0 aromatic heterocycles. The minimum absolute atomic E-state index is 0.0239. The average Bonchev–Trinajstić information content (AvgIpc) is 3.47. The van der Waals surface area contributed by atoms with Crippen molar-refractivity contribution in [1.29, 1.82) is 0 Å². The van der Waals surface area contributed by atoms with Gasteiger partial charge in [0.1, 0.15) is 5.75 Å². The summed E-state index contributed by atoms with van der Waals surface area (Å²) in [5.41, 5.74) is 0. The van der Waals surface area contributed by atoms with Crippen LogP contribution in [0.5, 0.6) is 5.75 Å². The van der Waals surface area contributed by atoms with Crippen LogP contribution in [-0.2, 0) is 14.8 Å². The molecule has 0 spiro atoms. The minimum atomic E-state index is -3.51. The van der Waals surface area contributed by atoms with Crippen molar-refractivity contribution in [3.05, 3.63) is 24.3 Å². The van der Waals surface area contributed by atoms with Gasteiger partial charge >= 0.3 is 0 Å². The van der Waals surface area contributed by atoms with Gasteiger partial charge in [0.25, 0.3) is 0 Å². The zero-order valence-electron chi connectivity index (χ0n) is 15.3. The van der Waals surface area contributed by atoms with Gasteiger partial charge in [0, 0.05) is 32.2 Å². The molecule has 1 aromatic carbocycles. The fourth-order valence-electron chi connectivity index (χ4n) is 3.24. The molecule has 1 aliphatic heterocycles. The van der Waals surface area contributed by atoms with E-state index in [9.17, 15) is 13.2 Å². The number of rotatable bonds is 7. The SMILES string of the molecule is COc1ccc(S(=O)(=O)N2CCN(CC(=O)N[C@H](C)C3CC3)CC2)cc1. The molecular formula is C18H27N3O4S. The molecule has 1 N–H and O–H groups in total. The summed E-state index contributed by atoms with van der Waals surface area (Å²) < 4.78 is 32.0. The van der Waals surface area contributed by atoms with Gasteiger partial charge in [0.05, 0.1) is 18.6 Å². The Balaban J connectivity index is 1.51. The maximum atomic E-state index is 12.7. The van der Waals surface area contributed by atoms with E-state index >= 15 is 0 Å². The van der Waals surface area contributed by atoms with Crippen LogP contribution in [0, 0.1) is 5.92 Å². The van der Waals surface area contributed by atoms with E-state index in [0.717, 1.165) is 0 Å². The molecule has 0 radical (unpaired) electrons. The second-order valence-corrected chi connectivity index (χ2v) is 8.99. The summed E-state index contributed by atoms with van der Waals surface area (Å²) in [5, 5.41) is 3.04. The molecule has 0 bridgehead atoms. The number of nitrogens with one attached hydrogen (secondary N) is 1. The van der Waals surface area contributed by atoms with E-state index in [1.165, 1.54) is 17.1 Å². The Morgan fingerprint density at radius 2 is 1.81 bits per heavy atom. The van der Waals surface area contributed by atoms with Crippen molar-refractivity contribution in [3.8, 4) is 5.75 Å². The molecular weight excluding hydrogens is 354 g/mol. The summed E-state index contributed by atoms with van der Waals surface area (Å²) in [7, 11) is -1.96. The number of amides is 1. The molecule has 1 saturated heterocycles. The van der Waals surface area contributed by atoms with Crippen molar-refractivity contribution in [2.45, 2.75) is 30.7 Å². The maximum Gasteiger partial charge on any atom is 0.243 e. The molecule has 1 aliphatic carbocycles. The second kappa shape index (κ2) is 7.94. The largest absolute Gasteiger partial charge is 0.497 e. The van der Waals surface area contributed by atoms with Crippen LogP contribution >= 0.6 is 0 Å².